The first-order chi connectivity index (χ1) is 12.0. The van der Waals surface area contributed by atoms with Gasteiger partial charge in [-0.1, -0.05) is 25.0 Å². The lowest BCUT2D eigenvalue weighted by atomic mass is 9.95. The lowest BCUT2D eigenvalue weighted by Crippen LogP contribution is -2.40. The number of amides is 1. The first-order valence-corrected chi connectivity index (χ1v) is 8.62. The van der Waals surface area contributed by atoms with Gasteiger partial charge in [0.1, 0.15) is 0 Å². The molecule has 1 unspecified atom stereocenters. The van der Waals surface area contributed by atoms with Crippen molar-refractivity contribution in [3.8, 4) is 6.07 Å². The van der Waals surface area contributed by atoms with E-state index in [1.807, 2.05) is 31.2 Å². The second-order valence-electron chi connectivity index (χ2n) is 6.73. The van der Waals surface area contributed by atoms with Crippen molar-refractivity contribution in [3.05, 3.63) is 41.1 Å². The number of benzene rings is 1. The molecule has 1 aromatic carbocycles. The molecule has 1 saturated carbocycles. The van der Waals surface area contributed by atoms with Gasteiger partial charge in [-0.05, 0) is 44.4 Å². The lowest BCUT2D eigenvalue weighted by molar-refractivity contribution is -0.122. The Balaban J connectivity index is 1.88. The van der Waals surface area contributed by atoms with Crippen LogP contribution < -0.4 is 5.32 Å². The third-order valence-corrected chi connectivity index (χ3v) is 4.78. The molecule has 2 aromatic rings. The number of nitriles is 1. The highest BCUT2D eigenvalue weighted by Crippen LogP contribution is 2.22. The maximum Gasteiger partial charge on any atom is 0.245 e. The topological polar surface area (TPSA) is 82.8 Å². The molecule has 1 aliphatic rings. The maximum atomic E-state index is 12.8. The minimum atomic E-state index is -1.33. The highest BCUT2D eigenvalue weighted by Gasteiger charge is 2.31. The first kappa shape index (κ1) is 17.1. The number of aromatic nitrogens is 1. The number of ketones is 1. The molecular formula is C20H21N3O2. The zero-order chi connectivity index (χ0) is 18.0. The summed E-state index contributed by atoms with van der Waals surface area (Å²) in [6, 6.07) is 9.47. The standard InChI is InChI=1S/C20H21N3O2/c1-12-7-8-14-10-16(13(2)22-18(14)9-12)19(24)17(11-21)20(25)23-15-5-3-4-6-15/h7-10,15,17H,3-6H2,1-2H3,(H,23,25). The van der Waals surface area contributed by atoms with Crippen LogP contribution >= 0.6 is 0 Å². The SMILES string of the molecule is Cc1ccc2cc(C(=O)C(C#N)C(=O)NC3CCCC3)c(C)nc2c1. The van der Waals surface area contributed by atoms with Crippen LogP contribution in [0.2, 0.25) is 0 Å². The summed E-state index contributed by atoms with van der Waals surface area (Å²) in [7, 11) is 0. The molecule has 1 amide bonds. The molecule has 1 aliphatic carbocycles. The molecule has 5 nitrogen and oxygen atoms in total. The lowest BCUT2D eigenvalue weighted by Gasteiger charge is -2.15. The van der Waals surface area contributed by atoms with Crippen LogP contribution in [0.3, 0.4) is 0 Å². The molecular weight excluding hydrogens is 314 g/mol. The number of hydrogen-bond donors (Lipinski definition) is 1. The van der Waals surface area contributed by atoms with Gasteiger partial charge in [0.25, 0.3) is 0 Å². The van der Waals surface area contributed by atoms with Gasteiger partial charge in [0.2, 0.25) is 5.91 Å². The van der Waals surface area contributed by atoms with E-state index < -0.39 is 17.6 Å². The van der Waals surface area contributed by atoms with E-state index >= 15 is 0 Å². The van der Waals surface area contributed by atoms with Crippen LogP contribution in [-0.2, 0) is 4.79 Å². The third-order valence-electron chi connectivity index (χ3n) is 4.78. The number of Topliss-reactive ketones (excluding diaryl/α,β-unsaturated/α-hetero) is 1. The van der Waals surface area contributed by atoms with Gasteiger partial charge in [0.15, 0.2) is 11.7 Å². The number of nitrogens with one attached hydrogen (secondary N) is 1. The number of hydrogen-bond acceptors (Lipinski definition) is 4. The van der Waals surface area contributed by atoms with Crippen molar-refractivity contribution in [2.45, 2.75) is 45.6 Å². The van der Waals surface area contributed by atoms with Gasteiger partial charge >= 0.3 is 0 Å². The van der Waals surface area contributed by atoms with Crippen LogP contribution in [0.25, 0.3) is 10.9 Å². The summed E-state index contributed by atoms with van der Waals surface area (Å²) in [5.41, 5.74) is 2.77. The second kappa shape index (κ2) is 7.02. The zero-order valence-electron chi connectivity index (χ0n) is 14.5. The van der Waals surface area contributed by atoms with Crippen LogP contribution in [0.1, 0.15) is 47.3 Å². The van der Waals surface area contributed by atoms with E-state index in [0.717, 1.165) is 42.1 Å². The van der Waals surface area contributed by atoms with Crippen molar-refractivity contribution in [3.63, 3.8) is 0 Å². The van der Waals surface area contributed by atoms with Crippen molar-refractivity contribution < 1.29 is 9.59 Å². The molecule has 1 aromatic heterocycles. The zero-order valence-corrected chi connectivity index (χ0v) is 14.5. The van der Waals surface area contributed by atoms with Gasteiger partial charge in [-0.25, -0.2) is 0 Å². The van der Waals surface area contributed by atoms with E-state index in [2.05, 4.69) is 10.3 Å². The number of carbonyl (C=O) groups excluding carboxylic acids is 2. The molecule has 0 aliphatic heterocycles. The molecule has 3 rings (SSSR count). The van der Waals surface area contributed by atoms with Crippen LogP contribution in [0.4, 0.5) is 0 Å². The fraction of sp³-hybridized carbons (Fsp3) is 0.400. The summed E-state index contributed by atoms with van der Waals surface area (Å²) in [5.74, 6) is -2.31. The van der Waals surface area contributed by atoms with Crippen molar-refractivity contribution in [1.82, 2.24) is 10.3 Å². The molecule has 1 fully saturated rings. The van der Waals surface area contributed by atoms with Crippen LogP contribution in [0.5, 0.6) is 0 Å². The van der Waals surface area contributed by atoms with Gasteiger partial charge in [-0.3, -0.25) is 14.6 Å². The average Bonchev–Trinajstić information content (AvgIpc) is 3.07. The molecule has 0 bridgehead atoms. The van der Waals surface area contributed by atoms with Gasteiger partial charge < -0.3 is 5.32 Å². The second-order valence-corrected chi connectivity index (χ2v) is 6.73. The monoisotopic (exact) mass is 335 g/mol. The number of aryl methyl sites for hydroxylation is 2. The summed E-state index contributed by atoms with van der Waals surface area (Å²) in [6.07, 6.45) is 3.97. The van der Waals surface area contributed by atoms with Crippen molar-refractivity contribution in [2.75, 3.05) is 0 Å². The maximum absolute atomic E-state index is 12.8. The Morgan fingerprint density at radius 3 is 2.64 bits per heavy atom. The number of fused-ring (bicyclic) bond motifs is 1. The van der Waals surface area contributed by atoms with Crippen LogP contribution in [-0.4, -0.2) is 22.7 Å². The molecule has 0 radical (unpaired) electrons. The van der Waals surface area contributed by atoms with E-state index in [0.29, 0.717) is 11.3 Å². The molecule has 25 heavy (non-hydrogen) atoms. The largest absolute Gasteiger partial charge is 0.352 e. The summed E-state index contributed by atoms with van der Waals surface area (Å²) >= 11 is 0. The van der Waals surface area contributed by atoms with Gasteiger partial charge in [0.05, 0.1) is 11.6 Å². The summed E-state index contributed by atoms with van der Waals surface area (Å²) < 4.78 is 0. The first-order valence-electron chi connectivity index (χ1n) is 8.62. The quantitative estimate of drug-likeness (QED) is 0.687. The van der Waals surface area contributed by atoms with Crippen molar-refractivity contribution in [2.24, 2.45) is 5.92 Å². The molecule has 1 heterocycles. The predicted molar refractivity (Wildman–Crippen MR) is 95.0 cm³/mol. The Morgan fingerprint density at radius 2 is 1.96 bits per heavy atom. The highest BCUT2D eigenvalue weighted by molar-refractivity contribution is 6.13. The highest BCUT2D eigenvalue weighted by atomic mass is 16.2. The fourth-order valence-corrected chi connectivity index (χ4v) is 3.37. The molecule has 0 spiro atoms. The summed E-state index contributed by atoms with van der Waals surface area (Å²) in [6.45, 7) is 3.72. The Morgan fingerprint density at radius 1 is 1.24 bits per heavy atom. The number of rotatable bonds is 4. The van der Waals surface area contributed by atoms with E-state index in [-0.39, 0.29) is 6.04 Å². The van der Waals surface area contributed by atoms with E-state index in [1.165, 1.54) is 0 Å². The molecule has 1 N–H and O–H groups in total. The fourth-order valence-electron chi connectivity index (χ4n) is 3.37. The van der Waals surface area contributed by atoms with E-state index in [1.54, 1.807) is 13.0 Å². The molecule has 128 valence electrons. The summed E-state index contributed by atoms with van der Waals surface area (Å²) in [5, 5.41) is 13.1. The summed E-state index contributed by atoms with van der Waals surface area (Å²) in [4.78, 5) is 29.7. The minimum Gasteiger partial charge on any atom is -0.352 e. The molecule has 5 heteroatoms. The molecule has 1 atom stereocenters. The normalized spacial score (nSPS) is 15.7. The van der Waals surface area contributed by atoms with Crippen molar-refractivity contribution in [1.29, 1.82) is 5.26 Å². The number of nitrogens with zero attached hydrogens (tertiary/aromatic N) is 2. The van der Waals surface area contributed by atoms with Gasteiger partial charge in [-0.2, -0.15) is 5.26 Å². The van der Waals surface area contributed by atoms with Crippen LogP contribution in [0.15, 0.2) is 24.3 Å². The number of pyridine rings is 1. The number of carbonyl (C=O) groups is 2. The smallest absolute Gasteiger partial charge is 0.245 e. The Bertz CT molecular complexity index is 876. The Kier molecular flexibility index (Phi) is 4.80. The Labute approximate surface area is 147 Å². The van der Waals surface area contributed by atoms with E-state index in [4.69, 9.17) is 0 Å². The van der Waals surface area contributed by atoms with E-state index in [9.17, 15) is 14.9 Å². The van der Waals surface area contributed by atoms with Gasteiger partial charge in [0, 0.05) is 22.7 Å². The predicted octanol–water partition coefficient (Wildman–Crippen LogP) is 3.23. The molecule has 0 saturated heterocycles. The van der Waals surface area contributed by atoms with Crippen LogP contribution in [0, 0.1) is 31.1 Å². The average molecular weight is 335 g/mol. The Hall–Kier alpha value is -2.74. The third kappa shape index (κ3) is 3.53. The van der Waals surface area contributed by atoms with Gasteiger partial charge in [-0.15, -0.1) is 0 Å². The van der Waals surface area contributed by atoms with Crippen molar-refractivity contribution >= 4 is 22.6 Å². The minimum absolute atomic E-state index is 0.0787.